The van der Waals surface area contributed by atoms with Crippen molar-refractivity contribution < 1.29 is 4.74 Å². The second-order valence-corrected chi connectivity index (χ2v) is 8.51. The molecule has 0 spiro atoms. The van der Waals surface area contributed by atoms with Gasteiger partial charge < -0.3 is 15.0 Å². The van der Waals surface area contributed by atoms with E-state index in [0.717, 1.165) is 38.8 Å². The van der Waals surface area contributed by atoms with Crippen molar-refractivity contribution in [2.75, 3.05) is 31.2 Å². The van der Waals surface area contributed by atoms with Crippen LogP contribution in [0.4, 0.5) is 5.69 Å². The number of nitrogens with zero attached hydrogens (tertiary/aromatic N) is 1. The molecule has 3 heteroatoms. The Kier molecular flexibility index (Phi) is 5.83. The van der Waals surface area contributed by atoms with E-state index in [1.807, 2.05) is 0 Å². The molecule has 2 fully saturated rings. The number of hydrogen-bond acceptors (Lipinski definition) is 3. The highest BCUT2D eigenvalue weighted by molar-refractivity contribution is 5.47. The topological polar surface area (TPSA) is 24.5 Å². The van der Waals surface area contributed by atoms with E-state index in [9.17, 15) is 0 Å². The van der Waals surface area contributed by atoms with Crippen molar-refractivity contribution in [3.05, 3.63) is 29.8 Å². The third-order valence-electron chi connectivity index (χ3n) is 5.76. The number of nitrogens with one attached hydrogen (secondary N) is 1. The molecule has 24 heavy (non-hydrogen) atoms. The lowest BCUT2D eigenvalue weighted by molar-refractivity contribution is 0.122. The van der Waals surface area contributed by atoms with Gasteiger partial charge in [0.15, 0.2) is 0 Å². The number of anilines is 1. The minimum absolute atomic E-state index is 0.401. The summed E-state index contributed by atoms with van der Waals surface area (Å²) in [5.74, 6) is 0.791. The number of benzene rings is 1. The van der Waals surface area contributed by atoms with E-state index >= 15 is 0 Å². The van der Waals surface area contributed by atoms with Crippen LogP contribution in [-0.2, 0) is 11.3 Å². The van der Waals surface area contributed by atoms with Gasteiger partial charge in [-0.05, 0) is 41.9 Å². The van der Waals surface area contributed by atoms with Gasteiger partial charge >= 0.3 is 0 Å². The molecule has 2 unspecified atom stereocenters. The van der Waals surface area contributed by atoms with Gasteiger partial charge in [0.25, 0.3) is 0 Å². The van der Waals surface area contributed by atoms with E-state index in [2.05, 4.69) is 55.3 Å². The third-order valence-corrected chi connectivity index (χ3v) is 5.76. The van der Waals surface area contributed by atoms with Gasteiger partial charge in [0.2, 0.25) is 0 Å². The summed E-state index contributed by atoms with van der Waals surface area (Å²) in [5.41, 5.74) is 3.12. The molecule has 2 atom stereocenters. The summed E-state index contributed by atoms with van der Waals surface area (Å²) >= 11 is 0. The summed E-state index contributed by atoms with van der Waals surface area (Å²) in [5, 5.41) is 3.86. The van der Waals surface area contributed by atoms with Gasteiger partial charge in [-0.1, -0.05) is 45.7 Å². The molecule has 1 aliphatic heterocycles. The van der Waals surface area contributed by atoms with Crippen LogP contribution in [-0.4, -0.2) is 32.3 Å². The smallest absolute Gasteiger partial charge is 0.0642 e. The minimum atomic E-state index is 0.401. The van der Waals surface area contributed by atoms with E-state index in [0.29, 0.717) is 11.5 Å². The van der Waals surface area contributed by atoms with E-state index in [-0.39, 0.29) is 0 Å². The Hall–Kier alpha value is -1.06. The molecule has 1 aromatic carbocycles. The predicted molar refractivity (Wildman–Crippen MR) is 102 cm³/mol. The quantitative estimate of drug-likeness (QED) is 0.894. The van der Waals surface area contributed by atoms with Gasteiger partial charge in [0.1, 0.15) is 0 Å². The third kappa shape index (κ3) is 4.52. The molecule has 1 saturated heterocycles. The van der Waals surface area contributed by atoms with Crippen molar-refractivity contribution >= 4 is 5.69 Å². The van der Waals surface area contributed by atoms with Gasteiger partial charge in [-0.3, -0.25) is 0 Å². The summed E-state index contributed by atoms with van der Waals surface area (Å²) in [6.45, 7) is 11.9. The second-order valence-electron chi connectivity index (χ2n) is 8.51. The first-order valence-electron chi connectivity index (χ1n) is 9.69. The number of hydrogen-bond donors (Lipinski definition) is 1. The Bertz CT molecular complexity index is 500. The first-order chi connectivity index (χ1) is 11.5. The van der Waals surface area contributed by atoms with E-state index < -0.39 is 0 Å². The zero-order valence-electron chi connectivity index (χ0n) is 15.7. The fraction of sp³-hybridized carbons (Fsp3) is 0.714. The van der Waals surface area contributed by atoms with Crippen LogP contribution >= 0.6 is 0 Å². The molecule has 3 rings (SSSR count). The van der Waals surface area contributed by atoms with E-state index in [4.69, 9.17) is 4.74 Å². The molecule has 1 N–H and O–H groups in total. The molecule has 1 aromatic rings. The summed E-state index contributed by atoms with van der Waals surface area (Å²) in [6.07, 6.45) is 5.47. The number of ether oxygens (including phenoxy) is 1. The maximum atomic E-state index is 5.44. The van der Waals surface area contributed by atoms with Crippen LogP contribution in [0.15, 0.2) is 24.3 Å². The van der Waals surface area contributed by atoms with Crippen LogP contribution in [0, 0.1) is 11.3 Å². The average molecular weight is 331 g/mol. The van der Waals surface area contributed by atoms with Crippen LogP contribution in [0.2, 0.25) is 0 Å². The highest BCUT2D eigenvalue weighted by atomic mass is 16.5. The van der Waals surface area contributed by atoms with Crippen molar-refractivity contribution in [3.63, 3.8) is 0 Å². The summed E-state index contributed by atoms with van der Waals surface area (Å²) in [6, 6.07) is 9.77. The van der Waals surface area contributed by atoms with Gasteiger partial charge in [-0.2, -0.15) is 0 Å². The lowest BCUT2D eigenvalue weighted by Crippen LogP contribution is -2.43. The lowest BCUT2D eigenvalue weighted by Gasteiger charge is -2.41. The molecular formula is C21H34N2O. The van der Waals surface area contributed by atoms with Crippen LogP contribution in [0.1, 0.15) is 52.0 Å². The van der Waals surface area contributed by atoms with Gasteiger partial charge in [-0.15, -0.1) is 0 Å². The first-order valence-corrected chi connectivity index (χ1v) is 9.69. The Morgan fingerprint density at radius 1 is 1.04 bits per heavy atom. The van der Waals surface area contributed by atoms with Crippen LogP contribution in [0.25, 0.3) is 0 Å². The molecule has 3 nitrogen and oxygen atoms in total. The van der Waals surface area contributed by atoms with Gasteiger partial charge in [0.05, 0.1) is 13.2 Å². The van der Waals surface area contributed by atoms with Crippen LogP contribution < -0.4 is 10.2 Å². The molecule has 1 saturated carbocycles. The molecule has 0 radical (unpaired) electrons. The summed E-state index contributed by atoms with van der Waals surface area (Å²) < 4.78 is 5.44. The Labute approximate surface area is 147 Å². The van der Waals surface area contributed by atoms with E-state index in [1.54, 1.807) is 0 Å². The number of morpholine rings is 1. The Morgan fingerprint density at radius 3 is 2.38 bits per heavy atom. The molecule has 134 valence electrons. The average Bonchev–Trinajstić information content (AvgIpc) is 2.61. The highest BCUT2D eigenvalue weighted by Crippen LogP contribution is 2.38. The van der Waals surface area contributed by atoms with Crippen LogP contribution in [0.5, 0.6) is 0 Å². The van der Waals surface area contributed by atoms with Gasteiger partial charge in [0, 0.05) is 31.4 Å². The monoisotopic (exact) mass is 330 g/mol. The molecule has 0 amide bonds. The molecule has 0 aromatic heterocycles. The zero-order valence-corrected chi connectivity index (χ0v) is 15.7. The fourth-order valence-corrected chi connectivity index (χ4v) is 4.31. The SMILES string of the molecule is CC(C)(C)C1CCCCC1NCc1ccc(N2CCOCC2)cc1. The van der Waals surface area contributed by atoms with Crippen LogP contribution in [0.3, 0.4) is 0 Å². The zero-order chi connectivity index (χ0) is 17.0. The maximum Gasteiger partial charge on any atom is 0.0642 e. The molecule has 2 aliphatic rings. The lowest BCUT2D eigenvalue weighted by atomic mass is 9.69. The maximum absolute atomic E-state index is 5.44. The Morgan fingerprint density at radius 2 is 1.71 bits per heavy atom. The van der Waals surface area contributed by atoms with E-state index in [1.165, 1.54) is 36.9 Å². The molecular weight excluding hydrogens is 296 g/mol. The second kappa shape index (κ2) is 7.88. The van der Waals surface area contributed by atoms with Crippen molar-refractivity contribution in [3.8, 4) is 0 Å². The molecule has 1 heterocycles. The summed E-state index contributed by atoms with van der Waals surface area (Å²) in [4.78, 5) is 2.41. The highest BCUT2D eigenvalue weighted by Gasteiger charge is 2.33. The van der Waals surface area contributed by atoms with Gasteiger partial charge in [-0.25, -0.2) is 0 Å². The van der Waals surface area contributed by atoms with Crippen molar-refractivity contribution in [1.29, 1.82) is 0 Å². The standard InChI is InChI=1S/C21H34N2O/c1-21(2,3)19-6-4-5-7-20(19)22-16-17-8-10-18(11-9-17)23-12-14-24-15-13-23/h8-11,19-20,22H,4-7,12-16H2,1-3H3. The molecule has 0 bridgehead atoms. The first kappa shape index (κ1) is 17.8. The minimum Gasteiger partial charge on any atom is -0.378 e. The fourth-order valence-electron chi connectivity index (χ4n) is 4.31. The van der Waals surface area contributed by atoms with Crippen molar-refractivity contribution in [2.45, 2.75) is 59.0 Å². The number of rotatable bonds is 4. The van der Waals surface area contributed by atoms with Crippen molar-refractivity contribution in [2.24, 2.45) is 11.3 Å². The molecule has 1 aliphatic carbocycles. The van der Waals surface area contributed by atoms with Crippen molar-refractivity contribution in [1.82, 2.24) is 5.32 Å². The predicted octanol–water partition coefficient (Wildman–Crippen LogP) is 4.22. The summed E-state index contributed by atoms with van der Waals surface area (Å²) in [7, 11) is 0. The largest absolute Gasteiger partial charge is 0.378 e. The normalized spacial score (nSPS) is 25.7. The Balaban J connectivity index is 1.55.